The van der Waals surface area contributed by atoms with Crippen LogP contribution in [0.1, 0.15) is 40.9 Å². The maximum absolute atomic E-state index is 12.5. The van der Waals surface area contributed by atoms with Crippen LogP contribution in [0, 0.1) is 5.92 Å². The fourth-order valence-electron chi connectivity index (χ4n) is 2.50. The second-order valence-electron chi connectivity index (χ2n) is 5.61. The number of hydrogen-bond acceptors (Lipinski definition) is 4. The van der Waals surface area contributed by atoms with E-state index in [1.165, 1.54) is 0 Å². The maximum Gasteiger partial charge on any atom is 0.170 e. The van der Waals surface area contributed by atoms with Crippen LogP contribution in [0.2, 0.25) is 0 Å². The molecule has 5 heteroatoms. The minimum atomic E-state index is -0.0740. The van der Waals surface area contributed by atoms with Gasteiger partial charge < -0.3 is 0 Å². The van der Waals surface area contributed by atoms with E-state index in [0.29, 0.717) is 12.0 Å². The maximum atomic E-state index is 12.5. The first-order valence-corrected chi connectivity index (χ1v) is 8.61. The van der Waals surface area contributed by atoms with Gasteiger partial charge in [0.25, 0.3) is 0 Å². The molecule has 1 aliphatic rings. The van der Waals surface area contributed by atoms with E-state index >= 15 is 0 Å². The van der Waals surface area contributed by atoms with Crippen molar-refractivity contribution in [3.63, 3.8) is 0 Å². The number of H-pyrrole nitrogens is 1. The van der Waals surface area contributed by atoms with Crippen molar-refractivity contribution < 1.29 is 9.59 Å². The van der Waals surface area contributed by atoms with E-state index in [9.17, 15) is 9.59 Å². The molecule has 1 N–H and O–H groups in total. The predicted molar refractivity (Wildman–Crippen MR) is 86.3 cm³/mol. The molecule has 0 amide bonds. The summed E-state index contributed by atoms with van der Waals surface area (Å²) < 4.78 is 0. The SMILES string of the molecule is CSc1ccc(C(=O)CC(=O)C2CC2)c(Cc2cc[nH]n2)c1. The van der Waals surface area contributed by atoms with Crippen LogP contribution in [0.3, 0.4) is 0 Å². The van der Waals surface area contributed by atoms with Crippen LogP contribution in [-0.4, -0.2) is 28.0 Å². The first-order chi connectivity index (χ1) is 10.7. The molecule has 0 saturated heterocycles. The van der Waals surface area contributed by atoms with E-state index < -0.39 is 0 Å². The summed E-state index contributed by atoms with van der Waals surface area (Å²) in [6.07, 6.45) is 6.28. The van der Waals surface area contributed by atoms with Crippen molar-refractivity contribution in [2.24, 2.45) is 5.92 Å². The fraction of sp³-hybridized carbons (Fsp3) is 0.353. The lowest BCUT2D eigenvalue weighted by Gasteiger charge is -2.09. The van der Waals surface area contributed by atoms with Gasteiger partial charge in [-0.25, -0.2) is 0 Å². The average molecular weight is 314 g/mol. The van der Waals surface area contributed by atoms with Crippen LogP contribution in [-0.2, 0) is 11.2 Å². The molecule has 0 bridgehead atoms. The summed E-state index contributed by atoms with van der Waals surface area (Å²) in [4.78, 5) is 25.5. The number of aromatic nitrogens is 2. The first-order valence-electron chi connectivity index (χ1n) is 7.39. The van der Waals surface area contributed by atoms with Crippen LogP contribution >= 0.6 is 11.8 Å². The number of hydrogen-bond donors (Lipinski definition) is 1. The predicted octanol–water partition coefficient (Wildman–Crippen LogP) is 3.27. The number of nitrogens with zero attached hydrogens (tertiary/aromatic N) is 1. The lowest BCUT2D eigenvalue weighted by molar-refractivity contribution is -0.119. The van der Waals surface area contributed by atoms with Gasteiger partial charge in [0.1, 0.15) is 5.78 Å². The van der Waals surface area contributed by atoms with E-state index in [2.05, 4.69) is 10.2 Å². The standard InChI is InChI=1S/C17H18N2O2S/c1-22-14-4-5-15(17(21)10-16(20)11-2-3-11)12(9-14)8-13-6-7-18-19-13/h4-7,9,11H,2-3,8,10H2,1H3,(H,18,19). The lowest BCUT2D eigenvalue weighted by Crippen LogP contribution is -2.12. The van der Waals surface area contributed by atoms with Gasteiger partial charge in [-0.05, 0) is 48.9 Å². The Labute approximate surface area is 133 Å². The Hall–Kier alpha value is -1.88. The van der Waals surface area contributed by atoms with Crippen molar-refractivity contribution in [2.75, 3.05) is 6.26 Å². The molecule has 1 fully saturated rings. The fourth-order valence-corrected chi connectivity index (χ4v) is 2.97. The zero-order valence-electron chi connectivity index (χ0n) is 12.5. The summed E-state index contributed by atoms with van der Waals surface area (Å²) in [5.74, 6) is 0.143. The molecule has 0 aliphatic heterocycles. The summed E-state index contributed by atoms with van der Waals surface area (Å²) in [5.41, 5.74) is 2.48. The normalized spacial score (nSPS) is 14.0. The van der Waals surface area contributed by atoms with Crippen molar-refractivity contribution in [3.05, 3.63) is 47.3 Å². The van der Waals surface area contributed by atoms with Gasteiger partial charge in [0.05, 0.1) is 12.1 Å². The number of benzene rings is 1. The van der Waals surface area contributed by atoms with Gasteiger partial charge in [0.15, 0.2) is 5.78 Å². The Bertz CT molecular complexity index is 691. The molecule has 4 nitrogen and oxygen atoms in total. The van der Waals surface area contributed by atoms with Crippen molar-refractivity contribution in [2.45, 2.75) is 30.6 Å². The van der Waals surface area contributed by atoms with E-state index in [0.717, 1.165) is 29.0 Å². The monoisotopic (exact) mass is 314 g/mol. The third kappa shape index (κ3) is 3.47. The Morgan fingerprint density at radius 1 is 1.32 bits per heavy atom. The molecule has 1 aliphatic carbocycles. The molecule has 2 aromatic rings. The zero-order chi connectivity index (χ0) is 15.5. The third-order valence-electron chi connectivity index (χ3n) is 3.91. The molecule has 1 aromatic heterocycles. The summed E-state index contributed by atoms with van der Waals surface area (Å²) >= 11 is 1.64. The number of thioether (sulfide) groups is 1. The van der Waals surface area contributed by atoms with Gasteiger partial charge in [0, 0.05) is 29.0 Å². The Balaban J connectivity index is 1.84. The largest absolute Gasteiger partial charge is 0.299 e. The van der Waals surface area contributed by atoms with Crippen LogP contribution in [0.25, 0.3) is 0 Å². The molecule has 1 heterocycles. The molecule has 1 aromatic carbocycles. The number of rotatable bonds is 7. The van der Waals surface area contributed by atoms with Crippen molar-refractivity contribution in [3.8, 4) is 0 Å². The number of carbonyl (C=O) groups is 2. The van der Waals surface area contributed by atoms with Gasteiger partial charge in [-0.15, -0.1) is 11.8 Å². The van der Waals surface area contributed by atoms with E-state index in [4.69, 9.17) is 0 Å². The first kappa shape index (κ1) is 15.0. The van der Waals surface area contributed by atoms with E-state index in [-0.39, 0.29) is 23.9 Å². The molecule has 3 rings (SSSR count). The van der Waals surface area contributed by atoms with Gasteiger partial charge >= 0.3 is 0 Å². The topological polar surface area (TPSA) is 62.8 Å². The summed E-state index contributed by atoms with van der Waals surface area (Å²) in [5, 5.41) is 6.95. The second kappa shape index (κ2) is 6.48. The quantitative estimate of drug-likeness (QED) is 0.484. The second-order valence-corrected chi connectivity index (χ2v) is 6.49. The lowest BCUT2D eigenvalue weighted by atomic mass is 9.96. The van der Waals surface area contributed by atoms with Crippen LogP contribution in [0.15, 0.2) is 35.4 Å². The average Bonchev–Trinajstić information content (AvgIpc) is 3.26. The number of nitrogens with one attached hydrogen (secondary N) is 1. The minimum Gasteiger partial charge on any atom is -0.299 e. The van der Waals surface area contributed by atoms with Crippen molar-refractivity contribution >= 4 is 23.3 Å². The smallest absolute Gasteiger partial charge is 0.170 e. The Morgan fingerprint density at radius 3 is 2.77 bits per heavy atom. The molecule has 114 valence electrons. The molecule has 0 radical (unpaired) electrons. The van der Waals surface area contributed by atoms with Crippen molar-refractivity contribution in [1.29, 1.82) is 0 Å². The highest BCUT2D eigenvalue weighted by atomic mass is 32.2. The highest BCUT2D eigenvalue weighted by Gasteiger charge is 2.31. The van der Waals surface area contributed by atoms with Gasteiger partial charge in [-0.2, -0.15) is 5.10 Å². The highest BCUT2D eigenvalue weighted by Crippen LogP contribution is 2.31. The summed E-state index contributed by atoms with van der Waals surface area (Å²) in [7, 11) is 0. The van der Waals surface area contributed by atoms with Crippen LogP contribution < -0.4 is 0 Å². The van der Waals surface area contributed by atoms with Gasteiger partial charge in [-0.3, -0.25) is 14.7 Å². The molecular weight excluding hydrogens is 296 g/mol. The van der Waals surface area contributed by atoms with Gasteiger partial charge in [0.2, 0.25) is 0 Å². The molecule has 0 spiro atoms. The van der Waals surface area contributed by atoms with Crippen LogP contribution in [0.5, 0.6) is 0 Å². The number of Topliss-reactive ketones (excluding diaryl/α,β-unsaturated/α-hetero) is 2. The van der Waals surface area contributed by atoms with Crippen molar-refractivity contribution in [1.82, 2.24) is 10.2 Å². The zero-order valence-corrected chi connectivity index (χ0v) is 13.3. The highest BCUT2D eigenvalue weighted by molar-refractivity contribution is 7.98. The van der Waals surface area contributed by atoms with Crippen LogP contribution in [0.4, 0.5) is 0 Å². The molecule has 22 heavy (non-hydrogen) atoms. The number of ketones is 2. The molecular formula is C17H18N2O2S. The number of carbonyl (C=O) groups excluding carboxylic acids is 2. The Morgan fingerprint density at radius 2 is 2.14 bits per heavy atom. The molecule has 0 atom stereocenters. The Kier molecular flexibility index (Phi) is 4.43. The molecule has 0 unspecified atom stereocenters. The third-order valence-corrected chi connectivity index (χ3v) is 4.64. The summed E-state index contributed by atoms with van der Waals surface area (Å²) in [6, 6.07) is 7.70. The van der Waals surface area contributed by atoms with E-state index in [1.807, 2.05) is 30.5 Å². The number of aromatic amines is 1. The van der Waals surface area contributed by atoms with E-state index in [1.54, 1.807) is 18.0 Å². The molecule has 1 saturated carbocycles. The minimum absolute atomic E-state index is 0.0246. The van der Waals surface area contributed by atoms with Gasteiger partial charge in [-0.1, -0.05) is 0 Å². The summed E-state index contributed by atoms with van der Waals surface area (Å²) in [6.45, 7) is 0.